The van der Waals surface area contributed by atoms with Gasteiger partial charge in [0.1, 0.15) is 5.75 Å². The molecule has 1 aromatic rings. The third-order valence-corrected chi connectivity index (χ3v) is 2.43. The minimum Gasteiger partial charge on any atom is -0.494 e. The van der Waals surface area contributed by atoms with Crippen molar-refractivity contribution in [3.8, 4) is 5.75 Å². The summed E-state index contributed by atoms with van der Waals surface area (Å²) in [5.74, 6) is 1.97. The fraction of sp³-hybridized carbons (Fsp3) is 0.500. The van der Waals surface area contributed by atoms with Gasteiger partial charge in [0.15, 0.2) is 0 Å². The van der Waals surface area contributed by atoms with Crippen molar-refractivity contribution in [2.75, 3.05) is 6.61 Å². The predicted molar refractivity (Wildman–Crippen MR) is 54.0 cm³/mol. The molecular formula is C12H16O. The SMILES string of the molecule is CCOc1cccc(CC2CC2)c1. The first-order chi connectivity index (χ1) is 6.38. The molecule has 1 saturated carbocycles. The molecule has 0 heterocycles. The molecule has 2 rings (SSSR count). The van der Waals surface area contributed by atoms with Crippen molar-refractivity contribution < 1.29 is 4.74 Å². The molecule has 0 atom stereocenters. The summed E-state index contributed by atoms with van der Waals surface area (Å²) in [4.78, 5) is 0. The van der Waals surface area contributed by atoms with Crippen LogP contribution in [-0.4, -0.2) is 6.61 Å². The zero-order valence-electron chi connectivity index (χ0n) is 8.12. The Labute approximate surface area is 79.7 Å². The first-order valence-electron chi connectivity index (χ1n) is 5.10. The molecule has 13 heavy (non-hydrogen) atoms. The number of benzene rings is 1. The highest BCUT2D eigenvalue weighted by Crippen LogP contribution is 2.33. The van der Waals surface area contributed by atoms with Crippen LogP contribution in [-0.2, 0) is 6.42 Å². The summed E-state index contributed by atoms with van der Waals surface area (Å²) >= 11 is 0. The number of hydrogen-bond donors (Lipinski definition) is 0. The molecule has 0 radical (unpaired) electrons. The lowest BCUT2D eigenvalue weighted by molar-refractivity contribution is 0.340. The van der Waals surface area contributed by atoms with E-state index in [0.717, 1.165) is 18.3 Å². The second-order valence-corrected chi connectivity index (χ2v) is 3.73. The van der Waals surface area contributed by atoms with Gasteiger partial charge in [-0.15, -0.1) is 0 Å². The van der Waals surface area contributed by atoms with Crippen molar-refractivity contribution in [2.45, 2.75) is 26.2 Å². The molecule has 1 aromatic carbocycles. The summed E-state index contributed by atoms with van der Waals surface area (Å²) in [5, 5.41) is 0. The van der Waals surface area contributed by atoms with Crippen molar-refractivity contribution in [3.05, 3.63) is 29.8 Å². The van der Waals surface area contributed by atoms with E-state index >= 15 is 0 Å². The summed E-state index contributed by atoms with van der Waals surface area (Å²) in [5.41, 5.74) is 1.42. The van der Waals surface area contributed by atoms with E-state index in [2.05, 4.69) is 18.2 Å². The van der Waals surface area contributed by atoms with E-state index in [-0.39, 0.29) is 0 Å². The summed E-state index contributed by atoms with van der Waals surface area (Å²) in [6, 6.07) is 8.48. The van der Waals surface area contributed by atoms with Gasteiger partial charge in [0.25, 0.3) is 0 Å². The van der Waals surface area contributed by atoms with Crippen LogP contribution >= 0.6 is 0 Å². The Morgan fingerprint density at radius 2 is 2.23 bits per heavy atom. The first kappa shape index (κ1) is 8.61. The average molecular weight is 176 g/mol. The van der Waals surface area contributed by atoms with E-state index in [9.17, 15) is 0 Å². The smallest absolute Gasteiger partial charge is 0.119 e. The molecule has 1 heteroatoms. The fourth-order valence-corrected chi connectivity index (χ4v) is 1.58. The molecule has 1 nitrogen and oxygen atoms in total. The lowest BCUT2D eigenvalue weighted by Gasteiger charge is -2.04. The van der Waals surface area contributed by atoms with Crippen LogP contribution in [0.25, 0.3) is 0 Å². The molecule has 0 spiro atoms. The second-order valence-electron chi connectivity index (χ2n) is 3.73. The standard InChI is InChI=1S/C12H16O/c1-2-13-12-5-3-4-11(9-12)8-10-6-7-10/h3-5,9-10H,2,6-8H2,1H3. The van der Waals surface area contributed by atoms with Gasteiger partial charge in [-0.05, 0) is 49.8 Å². The Morgan fingerprint density at radius 3 is 2.92 bits per heavy atom. The van der Waals surface area contributed by atoms with E-state index in [1.54, 1.807) is 0 Å². The fourth-order valence-electron chi connectivity index (χ4n) is 1.58. The molecule has 0 amide bonds. The molecule has 0 unspecified atom stereocenters. The van der Waals surface area contributed by atoms with Gasteiger partial charge in [-0.2, -0.15) is 0 Å². The zero-order chi connectivity index (χ0) is 9.10. The Kier molecular flexibility index (Phi) is 2.53. The van der Waals surface area contributed by atoms with E-state index in [4.69, 9.17) is 4.74 Å². The van der Waals surface area contributed by atoms with Gasteiger partial charge < -0.3 is 4.74 Å². The maximum absolute atomic E-state index is 5.45. The van der Waals surface area contributed by atoms with Crippen LogP contribution < -0.4 is 4.74 Å². The van der Waals surface area contributed by atoms with Gasteiger partial charge in [0.05, 0.1) is 6.61 Å². The Hall–Kier alpha value is -0.980. The van der Waals surface area contributed by atoms with Gasteiger partial charge in [-0.1, -0.05) is 12.1 Å². The van der Waals surface area contributed by atoms with Gasteiger partial charge >= 0.3 is 0 Å². The normalized spacial score (nSPS) is 15.8. The highest BCUT2D eigenvalue weighted by Gasteiger charge is 2.21. The second kappa shape index (κ2) is 3.82. The molecule has 1 fully saturated rings. The molecular weight excluding hydrogens is 160 g/mol. The molecule has 1 aliphatic carbocycles. The van der Waals surface area contributed by atoms with Gasteiger partial charge in [0, 0.05) is 0 Å². The van der Waals surface area contributed by atoms with Crippen LogP contribution in [0.4, 0.5) is 0 Å². The van der Waals surface area contributed by atoms with Crippen molar-refractivity contribution in [1.29, 1.82) is 0 Å². The minimum atomic E-state index is 0.757. The Balaban J connectivity index is 2.02. The minimum absolute atomic E-state index is 0.757. The van der Waals surface area contributed by atoms with Crippen LogP contribution in [0.2, 0.25) is 0 Å². The largest absolute Gasteiger partial charge is 0.494 e. The predicted octanol–water partition coefficient (Wildman–Crippen LogP) is 3.04. The maximum atomic E-state index is 5.45. The zero-order valence-corrected chi connectivity index (χ0v) is 8.12. The molecule has 0 bridgehead atoms. The summed E-state index contributed by atoms with van der Waals surface area (Å²) < 4.78 is 5.45. The summed E-state index contributed by atoms with van der Waals surface area (Å²) in [6.45, 7) is 2.78. The lowest BCUT2D eigenvalue weighted by Crippen LogP contribution is -1.93. The Morgan fingerprint density at radius 1 is 1.38 bits per heavy atom. The highest BCUT2D eigenvalue weighted by atomic mass is 16.5. The van der Waals surface area contributed by atoms with Crippen molar-refractivity contribution >= 4 is 0 Å². The quantitative estimate of drug-likeness (QED) is 0.685. The van der Waals surface area contributed by atoms with Gasteiger partial charge in [-0.3, -0.25) is 0 Å². The van der Waals surface area contributed by atoms with Crippen LogP contribution in [0.15, 0.2) is 24.3 Å². The van der Waals surface area contributed by atoms with E-state index < -0.39 is 0 Å². The number of hydrogen-bond acceptors (Lipinski definition) is 1. The molecule has 0 aliphatic heterocycles. The molecule has 0 saturated heterocycles. The summed E-state index contributed by atoms with van der Waals surface area (Å²) in [7, 11) is 0. The van der Waals surface area contributed by atoms with Gasteiger partial charge in [-0.25, -0.2) is 0 Å². The molecule has 70 valence electrons. The van der Waals surface area contributed by atoms with Crippen LogP contribution in [0.3, 0.4) is 0 Å². The lowest BCUT2D eigenvalue weighted by atomic mass is 10.1. The monoisotopic (exact) mass is 176 g/mol. The van der Waals surface area contributed by atoms with Crippen LogP contribution in [0.5, 0.6) is 5.75 Å². The maximum Gasteiger partial charge on any atom is 0.119 e. The van der Waals surface area contributed by atoms with Crippen LogP contribution in [0, 0.1) is 5.92 Å². The van der Waals surface area contributed by atoms with E-state index in [1.165, 1.54) is 24.8 Å². The van der Waals surface area contributed by atoms with E-state index in [1.807, 2.05) is 13.0 Å². The van der Waals surface area contributed by atoms with E-state index in [0.29, 0.717) is 0 Å². The third kappa shape index (κ3) is 2.48. The van der Waals surface area contributed by atoms with Crippen molar-refractivity contribution in [2.24, 2.45) is 5.92 Å². The van der Waals surface area contributed by atoms with Crippen LogP contribution in [0.1, 0.15) is 25.3 Å². The Bertz CT molecular complexity index is 276. The topological polar surface area (TPSA) is 9.23 Å². The number of ether oxygens (including phenoxy) is 1. The molecule has 0 N–H and O–H groups in total. The first-order valence-corrected chi connectivity index (χ1v) is 5.10. The highest BCUT2D eigenvalue weighted by molar-refractivity contribution is 5.29. The van der Waals surface area contributed by atoms with Crippen molar-refractivity contribution in [3.63, 3.8) is 0 Å². The number of rotatable bonds is 4. The average Bonchev–Trinajstić information content (AvgIpc) is 2.90. The summed E-state index contributed by atoms with van der Waals surface area (Å²) in [6.07, 6.45) is 4.07. The molecule has 1 aliphatic rings. The third-order valence-electron chi connectivity index (χ3n) is 2.43. The van der Waals surface area contributed by atoms with Crippen molar-refractivity contribution in [1.82, 2.24) is 0 Å². The van der Waals surface area contributed by atoms with Gasteiger partial charge in [0.2, 0.25) is 0 Å². The molecule has 0 aromatic heterocycles.